The molecule has 0 saturated carbocycles. The molecule has 2 nitrogen and oxygen atoms in total. The van der Waals surface area contributed by atoms with E-state index in [1.807, 2.05) is 0 Å². The summed E-state index contributed by atoms with van der Waals surface area (Å²) in [5.74, 6) is -0.595. The van der Waals surface area contributed by atoms with E-state index < -0.39 is 23.2 Å². The lowest BCUT2D eigenvalue weighted by atomic mass is 10.4. The maximum atomic E-state index is 12.4. The summed E-state index contributed by atoms with van der Waals surface area (Å²) in [5, 5.41) is 8.69. The second kappa shape index (κ2) is 2.89. The van der Waals surface area contributed by atoms with Crippen LogP contribution in [0.1, 0.15) is 11.2 Å². The van der Waals surface area contributed by atoms with E-state index in [9.17, 15) is 17.6 Å². The van der Waals surface area contributed by atoms with Crippen LogP contribution in [0.5, 0.6) is 5.88 Å². The van der Waals surface area contributed by atoms with Gasteiger partial charge < -0.3 is 5.11 Å². The van der Waals surface area contributed by atoms with Gasteiger partial charge in [-0.15, -0.1) is 11.3 Å². The first-order chi connectivity index (χ1) is 5.41. The Labute approximate surface area is 68.5 Å². The molecular weight excluding hydrogens is 198 g/mol. The van der Waals surface area contributed by atoms with Crippen molar-refractivity contribution in [2.24, 2.45) is 0 Å². The van der Waals surface area contributed by atoms with Crippen molar-refractivity contribution in [3.63, 3.8) is 0 Å². The lowest BCUT2D eigenvalue weighted by Crippen LogP contribution is -2.16. The van der Waals surface area contributed by atoms with Crippen LogP contribution in [0.25, 0.3) is 0 Å². The Morgan fingerprint density at radius 3 is 2.42 bits per heavy atom. The van der Waals surface area contributed by atoms with Crippen LogP contribution < -0.4 is 0 Å². The minimum atomic E-state index is -4.95. The van der Waals surface area contributed by atoms with E-state index in [4.69, 9.17) is 5.11 Å². The fourth-order valence-electron chi connectivity index (χ4n) is 0.535. The quantitative estimate of drug-likeness (QED) is 0.708. The summed E-state index contributed by atoms with van der Waals surface area (Å²) in [6, 6.07) is 0. The molecular formula is C5H3F4NOS. The van der Waals surface area contributed by atoms with Crippen molar-refractivity contribution < 1.29 is 22.7 Å². The molecule has 0 aliphatic carbocycles. The number of alkyl halides is 4. The molecule has 1 rings (SSSR count). The molecule has 7 heteroatoms. The van der Waals surface area contributed by atoms with Crippen LogP contribution >= 0.6 is 11.3 Å². The first kappa shape index (κ1) is 9.24. The highest BCUT2D eigenvalue weighted by atomic mass is 32.1. The van der Waals surface area contributed by atoms with Gasteiger partial charge in [-0.3, -0.25) is 0 Å². The van der Waals surface area contributed by atoms with E-state index in [-0.39, 0.29) is 0 Å². The lowest BCUT2D eigenvalue weighted by molar-refractivity contribution is -0.182. The molecule has 68 valence electrons. The largest absolute Gasteiger partial charge is 0.493 e. The van der Waals surface area contributed by atoms with Gasteiger partial charge in [0.2, 0.25) is 12.1 Å². The van der Waals surface area contributed by atoms with Crippen LogP contribution in [0, 0.1) is 0 Å². The zero-order chi connectivity index (χ0) is 9.35. The average Bonchev–Trinajstić information content (AvgIpc) is 2.32. The van der Waals surface area contributed by atoms with Gasteiger partial charge in [-0.05, 0) is 0 Å². The topological polar surface area (TPSA) is 33.1 Å². The fraction of sp³-hybridized carbons (Fsp3) is 0.400. The summed E-state index contributed by atoms with van der Waals surface area (Å²) in [6.45, 7) is 0. The molecule has 0 saturated heterocycles. The van der Waals surface area contributed by atoms with Crippen molar-refractivity contribution in [2.75, 3.05) is 0 Å². The van der Waals surface area contributed by atoms with Gasteiger partial charge in [0.1, 0.15) is 5.01 Å². The van der Waals surface area contributed by atoms with E-state index in [0.29, 0.717) is 11.3 Å². The second-order valence-electron chi connectivity index (χ2n) is 1.95. The zero-order valence-electron chi connectivity index (χ0n) is 5.47. The molecule has 1 aromatic heterocycles. The van der Waals surface area contributed by atoms with E-state index in [0.717, 1.165) is 5.38 Å². The summed E-state index contributed by atoms with van der Waals surface area (Å²) in [6.07, 6.45) is -8.06. The van der Waals surface area contributed by atoms with Crippen LogP contribution in [-0.4, -0.2) is 16.3 Å². The highest BCUT2D eigenvalue weighted by Gasteiger charge is 2.43. The van der Waals surface area contributed by atoms with Gasteiger partial charge in [0.05, 0.1) is 5.38 Å². The summed E-state index contributed by atoms with van der Waals surface area (Å²) in [4.78, 5) is 2.96. The molecule has 1 atom stereocenters. The molecule has 0 amide bonds. The number of rotatable bonds is 1. The minimum Gasteiger partial charge on any atom is -0.493 e. The zero-order valence-corrected chi connectivity index (χ0v) is 6.29. The molecule has 0 radical (unpaired) electrons. The standard InChI is InChI=1S/C5H3F4NOS/c6-3(5(7,8)9)4-10-2(11)1-12-4/h1,3,11H. The third kappa shape index (κ3) is 1.84. The number of thiazole rings is 1. The average molecular weight is 201 g/mol. The highest BCUT2D eigenvalue weighted by Crippen LogP contribution is 2.37. The number of hydrogen-bond acceptors (Lipinski definition) is 3. The molecule has 1 aromatic rings. The molecule has 1 unspecified atom stereocenters. The number of aromatic hydroxyl groups is 1. The van der Waals surface area contributed by atoms with Gasteiger partial charge in [0, 0.05) is 0 Å². The molecule has 12 heavy (non-hydrogen) atoms. The Morgan fingerprint density at radius 2 is 2.08 bits per heavy atom. The molecule has 0 spiro atoms. The monoisotopic (exact) mass is 201 g/mol. The van der Waals surface area contributed by atoms with E-state index in [1.165, 1.54) is 0 Å². The third-order valence-corrected chi connectivity index (χ3v) is 1.88. The summed E-state index contributed by atoms with van der Waals surface area (Å²) >= 11 is 0.428. The summed E-state index contributed by atoms with van der Waals surface area (Å²) in [5.41, 5.74) is 0. The van der Waals surface area contributed by atoms with Gasteiger partial charge in [0.15, 0.2) is 0 Å². The van der Waals surface area contributed by atoms with Gasteiger partial charge in [-0.25, -0.2) is 9.37 Å². The highest BCUT2D eigenvalue weighted by molar-refractivity contribution is 7.09. The molecule has 0 aliphatic rings. The van der Waals surface area contributed by atoms with Crippen molar-refractivity contribution in [2.45, 2.75) is 12.3 Å². The Bertz CT molecular complexity index is 271. The Kier molecular flexibility index (Phi) is 2.22. The number of hydrogen-bond donors (Lipinski definition) is 1. The van der Waals surface area contributed by atoms with Crippen LogP contribution in [0.15, 0.2) is 5.38 Å². The number of aromatic nitrogens is 1. The maximum absolute atomic E-state index is 12.4. The van der Waals surface area contributed by atoms with Gasteiger partial charge in [0.25, 0.3) is 0 Å². The SMILES string of the molecule is Oc1csc(C(F)C(F)(F)F)n1. The number of nitrogens with zero attached hydrogens (tertiary/aromatic N) is 1. The van der Waals surface area contributed by atoms with E-state index in [1.54, 1.807) is 0 Å². The van der Waals surface area contributed by atoms with Gasteiger partial charge in [-0.2, -0.15) is 13.2 Å². The molecule has 0 aliphatic heterocycles. The maximum Gasteiger partial charge on any atom is 0.426 e. The van der Waals surface area contributed by atoms with E-state index in [2.05, 4.69) is 4.98 Å². The summed E-state index contributed by atoms with van der Waals surface area (Å²) < 4.78 is 47.3. The Hall–Kier alpha value is -0.850. The van der Waals surface area contributed by atoms with Crippen LogP contribution in [0.4, 0.5) is 17.6 Å². The predicted molar refractivity (Wildman–Crippen MR) is 33.7 cm³/mol. The van der Waals surface area contributed by atoms with Crippen LogP contribution in [0.3, 0.4) is 0 Å². The van der Waals surface area contributed by atoms with Gasteiger partial charge >= 0.3 is 6.18 Å². The first-order valence-electron chi connectivity index (χ1n) is 2.76. The van der Waals surface area contributed by atoms with Crippen molar-refractivity contribution in [1.82, 2.24) is 4.98 Å². The van der Waals surface area contributed by atoms with Crippen LogP contribution in [-0.2, 0) is 0 Å². The van der Waals surface area contributed by atoms with Crippen molar-refractivity contribution >= 4 is 11.3 Å². The van der Waals surface area contributed by atoms with Crippen molar-refractivity contribution in [1.29, 1.82) is 0 Å². The summed E-state index contributed by atoms with van der Waals surface area (Å²) in [7, 11) is 0. The Balaban J connectivity index is 2.85. The van der Waals surface area contributed by atoms with Crippen molar-refractivity contribution in [3.8, 4) is 5.88 Å². The smallest absolute Gasteiger partial charge is 0.426 e. The predicted octanol–water partition coefficient (Wildman–Crippen LogP) is 2.42. The first-order valence-corrected chi connectivity index (χ1v) is 3.64. The normalized spacial score (nSPS) is 14.7. The van der Waals surface area contributed by atoms with Crippen LogP contribution in [0.2, 0.25) is 0 Å². The molecule has 1 N–H and O–H groups in total. The van der Waals surface area contributed by atoms with Crippen molar-refractivity contribution in [3.05, 3.63) is 10.4 Å². The second-order valence-corrected chi connectivity index (χ2v) is 2.84. The van der Waals surface area contributed by atoms with E-state index >= 15 is 0 Å². The molecule has 0 fully saturated rings. The number of halogens is 4. The molecule has 1 heterocycles. The Morgan fingerprint density at radius 1 is 1.50 bits per heavy atom. The fourth-order valence-corrected chi connectivity index (χ4v) is 1.21. The van der Waals surface area contributed by atoms with Gasteiger partial charge in [-0.1, -0.05) is 0 Å². The molecule has 0 bridgehead atoms. The lowest BCUT2D eigenvalue weighted by Gasteiger charge is -2.08. The third-order valence-electron chi connectivity index (χ3n) is 1.01. The molecule has 0 aromatic carbocycles. The minimum absolute atomic E-state index is 0.428.